The number of nitrogens with zero attached hydrogens (tertiary/aromatic N) is 3. The van der Waals surface area contributed by atoms with E-state index >= 15 is 0 Å². The number of hydrogen-bond donors (Lipinski definition) is 1. The van der Waals surface area contributed by atoms with Gasteiger partial charge in [0.2, 0.25) is 0 Å². The molecule has 0 aromatic carbocycles. The summed E-state index contributed by atoms with van der Waals surface area (Å²) in [6.45, 7) is 14.6. The first-order valence-corrected chi connectivity index (χ1v) is 15.1. The first kappa shape index (κ1) is 23.2. The molecule has 1 aliphatic rings. The predicted octanol–water partition coefficient (Wildman–Crippen LogP) is 5.00. The van der Waals surface area contributed by atoms with E-state index in [1.54, 1.807) is 0 Å². The van der Waals surface area contributed by atoms with Gasteiger partial charge in [-0.25, -0.2) is 9.78 Å². The maximum atomic E-state index is 12.8. The molecule has 0 aliphatic carbocycles. The van der Waals surface area contributed by atoms with Crippen molar-refractivity contribution in [3.63, 3.8) is 0 Å². The van der Waals surface area contributed by atoms with Crippen LogP contribution in [0, 0.1) is 0 Å². The van der Waals surface area contributed by atoms with E-state index in [0.29, 0.717) is 13.3 Å². The molecule has 3 heterocycles. The number of fused-ring (bicyclic) bond motifs is 1. The van der Waals surface area contributed by atoms with Crippen LogP contribution in [-0.4, -0.2) is 47.8 Å². The van der Waals surface area contributed by atoms with Gasteiger partial charge in [0, 0.05) is 21.2 Å². The number of imidazole rings is 1. The molecular weight excluding hydrogens is 464 g/mol. The number of nitrogens with one attached hydrogen (secondary N) is 1. The monoisotopic (exact) mass is 497 g/mol. The van der Waals surface area contributed by atoms with Crippen molar-refractivity contribution in [3.8, 4) is 0 Å². The molecule has 1 saturated heterocycles. The molecule has 3 rings (SSSR count). The minimum atomic E-state index is -1.16. The molecule has 1 aliphatic heterocycles. The molecule has 1 amide bonds. The number of aromatic nitrogens is 3. The van der Waals surface area contributed by atoms with Gasteiger partial charge in [-0.05, 0) is 67.7 Å². The molecule has 0 bridgehead atoms. The van der Waals surface area contributed by atoms with Crippen molar-refractivity contribution in [3.05, 3.63) is 22.6 Å². The number of aromatic amines is 1. The zero-order chi connectivity index (χ0) is 22.1. The van der Waals surface area contributed by atoms with Gasteiger partial charge < -0.3 is 9.47 Å². The number of H-pyrrole nitrogens is 1. The summed E-state index contributed by atoms with van der Waals surface area (Å²) in [4.78, 5) is 22.7. The molecule has 7 nitrogen and oxygen atoms in total. The van der Waals surface area contributed by atoms with Crippen LogP contribution in [0.1, 0.15) is 45.5 Å². The van der Waals surface area contributed by atoms with Crippen molar-refractivity contribution in [2.24, 2.45) is 0 Å². The van der Waals surface area contributed by atoms with E-state index in [1.807, 2.05) is 37.8 Å². The van der Waals surface area contributed by atoms with Crippen LogP contribution in [-0.2, 0) is 16.2 Å². The highest BCUT2D eigenvalue weighted by atomic mass is 79.9. The third kappa shape index (κ3) is 5.82. The number of ether oxygens (including phenoxy) is 2. The highest BCUT2D eigenvalue weighted by molar-refractivity contribution is 9.10. The number of carbonyl (C=O) groups is 1. The van der Waals surface area contributed by atoms with Crippen LogP contribution in [0.15, 0.2) is 16.7 Å². The van der Waals surface area contributed by atoms with E-state index in [-0.39, 0.29) is 12.1 Å². The smallest absolute Gasteiger partial charge is 0.411 e. The number of rotatable bonds is 6. The lowest BCUT2D eigenvalue weighted by molar-refractivity contribution is -0.717. The lowest BCUT2D eigenvalue weighted by Crippen LogP contribution is -2.44. The average Bonchev–Trinajstić information content (AvgIpc) is 3.20. The second-order valence-electron chi connectivity index (χ2n) is 10.1. The van der Waals surface area contributed by atoms with Crippen molar-refractivity contribution in [2.45, 2.75) is 77.7 Å². The van der Waals surface area contributed by atoms with Crippen LogP contribution in [0.5, 0.6) is 0 Å². The van der Waals surface area contributed by atoms with E-state index < -0.39 is 13.7 Å². The second kappa shape index (κ2) is 8.96. The van der Waals surface area contributed by atoms with Crippen molar-refractivity contribution in [2.75, 3.05) is 13.2 Å². The van der Waals surface area contributed by atoms with Gasteiger partial charge in [-0.2, -0.15) is 9.55 Å². The van der Waals surface area contributed by atoms with E-state index in [9.17, 15) is 4.79 Å². The fourth-order valence-electron chi connectivity index (χ4n) is 3.58. The average molecular weight is 499 g/mol. The molecule has 0 spiro atoms. The van der Waals surface area contributed by atoms with Crippen molar-refractivity contribution >= 4 is 41.3 Å². The van der Waals surface area contributed by atoms with Gasteiger partial charge in [0.05, 0.1) is 0 Å². The Morgan fingerprint density at radius 2 is 2.10 bits per heavy atom. The first-order valence-electron chi connectivity index (χ1n) is 10.6. The molecule has 30 heavy (non-hydrogen) atoms. The number of pyridine rings is 1. The molecular formula is C21H34BrN4O3Si+. The number of carbonyl (C=O) groups excluding carboxylic acids is 1. The summed E-state index contributed by atoms with van der Waals surface area (Å²) in [7, 11) is -1.16. The quantitative estimate of drug-likeness (QED) is 0.264. The molecule has 0 radical (unpaired) electrons. The SMILES string of the molecule is CC(C)(C)OC(=O)N1CCC[C@H]1c1[nH]c2nc(Br)ccc2[n+]1COCC[Si](C)(C)C. The summed E-state index contributed by atoms with van der Waals surface area (Å²) >= 11 is 3.45. The minimum Gasteiger partial charge on any atom is -0.444 e. The largest absolute Gasteiger partial charge is 0.444 e. The zero-order valence-corrected chi connectivity index (χ0v) is 21.5. The molecule has 2 aromatic rings. The Morgan fingerprint density at radius 3 is 2.77 bits per heavy atom. The third-order valence-corrected chi connectivity index (χ3v) is 7.23. The lowest BCUT2D eigenvalue weighted by atomic mass is 10.2. The number of halogens is 1. The lowest BCUT2D eigenvalue weighted by Gasteiger charge is -2.27. The Labute approximate surface area is 188 Å². The normalized spacial score (nSPS) is 17.7. The van der Waals surface area contributed by atoms with Crippen LogP contribution in [0.25, 0.3) is 11.2 Å². The Bertz CT molecular complexity index is 904. The van der Waals surface area contributed by atoms with Gasteiger partial charge in [0.1, 0.15) is 16.2 Å². The molecule has 0 saturated carbocycles. The Hall–Kier alpha value is -1.45. The number of likely N-dealkylation sites (tertiary alicyclic amines) is 1. The summed E-state index contributed by atoms with van der Waals surface area (Å²) in [6, 6.07) is 4.98. The summed E-state index contributed by atoms with van der Waals surface area (Å²) in [5, 5.41) is 0. The molecule has 1 N–H and O–H groups in total. The van der Waals surface area contributed by atoms with Gasteiger partial charge in [-0.3, -0.25) is 4.90 Å². The van der Waals surface area contributed by atoms with Crippen molar-refractivity contribution in [1.29, 1.82) is 0 Å². The van der Waals surface area contributed by atoms with Gasteiger partial charge in [-0.15, -0.1) is 0 Å². The molecule has 166 valence electrons. The van der Waals surface area contributed by atoms with E-state index in [1.165, 1.54) is 0 Å². The summed E-state index contributed by atoms with van der Waals surface area (Å²) in [6.07, 6.45) is 1.54. The molecule has 1 fully saturated rings. The third-order valence-electron chi connectivity index (χ3n) is 5.08. The Kier molecular flexibility index (Phi) is 6.93. The van der Waals surface area contributed by atoms with Gasteiger partial charge >= 0.3 is 6.09 Å². The minimum absolute atomic E-state index is 0.0894. The molecule has 0 unspecified atom stereocenters. The van der Waals surface area contributed by atoms with Crippen LogP contribution in [0.4, 0.5) is 4.79 Å². The Morgan fingerprint density at radius 1 is 1.37 bits per heavy atom. The topological polar surface area (TPSA) is 71.3 Å². The summed E-state index contributed by atoms with van der Waals surface area (Å²) < 4.78 is 14.6. The fraction of sp³-hybridized carbons (Fsp3) is 0.667. The summed E-state index contributed by atoms with van der Waals surface area (Å²) in [5.41, 5.74) is 1.23. The maximum absolute atomic E-state index is 12.8. The van der Waals surface area contributed by atoms with Gasteiger partial charge in [-0.1, -0.05) is 19.6 Å². The van der Waals surface area contributed by atoms with Crippen LogP contribution >= 0.6 is 15.9 Å². The number of amides is 1. The Balaban J connectivity index is 1.88. The van der Waals surface area contributed by atoms with E-state index in [0.717, 1.165) is 47.1 Å². The molecule has 2 aromatic heterocycles. The van der Waals surface area contributed by atoms with Gasteiger partial charge in [0.15, 0.2) is 12.2 Å². The highest BCUT2D eigenvalue weighted by Crippen LogP contribution is 2.32. The van der Waals surface area contributed by atoms with Crippen LogP contribution in [0.2, 0.25) is 25.7 Å². The van der Waals surface area contributed by atoms with Crippen molar-refractivity contribution in [1.82, 2.24) is 14.9 Å². The van der Waals surface area contributed by atoms with Crippen molar-refractivity contribution < 1.29 is 18.8 Å². The first-order chi connectivity index (χ1) is 13.9. The summed E-state index contributed by atoms with van der Waals surface area (Å²) in [5.74, 6) is 0.937. The second-order valence-corrected chi connectivity index (χ2v) is 16.6. The molecule has 1 atom stereocenters. The number of hydrogen-bond acceptors (Lipinski definition) is 4. The molecule has 9 heteroatoms. The van der Waals surface area contributed by atoms with Crippen LogP contribution in [0.3, 0.4) is 0 Å². The van der Waals surface area contributed by atoms with Crippen LogP contribution < -0.4 is 4.57 Å². The predicted molar refractivity (Wildman–Crippen MR) is 123 cm³/mol. The van der Waals surface area contributed by atoms with Gasteiger partial charge in [0.25, 0.3) is 11.5 Å². The highest BCUT2D eigenvalue weighted by Gasteiger charge is 2.40. The maximum Gasteiger partial charge on any atom is 0.411 e. The van der Waals surface area contributed by atoms with E-state index in [2.05, 4.69) is 50.1 Å². The zero-order valence-electron chi connectivity index (χ0n) is 18.9. The van der Waals surface area contributed by atoms with E-state index in [4.69, 9.17) is 9.47 Å². The fourth-order valence-corrected chi connectivity index (χ4v) is 4.65. The standard InChI is InChI=1S/C21H33BrN4O3Si/c1-21(2,3)29-20(27)25-11-7-8-16(25)19-24-18-15(9-10-17(22)23-18)26(19)14-28-12-13-30(4,5)6/h9-10,16H,7-8,11-14H2,1-6H3/p+1/t16-/m0/s1.